The summed E-state index contributed by atoms with van der Waals surface area (Å²) in [6.45, 7) is 2.04. The zero-order valence-electron chi connectivity index (χ0n) is 13.1. The van der Waals surface area contributed by atoms with E-state index in [1.807, 2.05) is 12.3 Å². The van der Waals surface area contributed by atoms with Gasteiger partial charge in [0.15, 0.2) is 0 Å². The van der Waals surface area contributed by atoms with Crippen molar-refractivity contribution in [1.29, 1.82) is 0 Å². The minimum Gasteiger partial charge on any atom is -0.477 e. The molecule has 2 aromatic rings. The Morgan fingerprint density at radius 3 is 2.56 bits per heavy atom. The first-order valence-electron chi connectivity index (χ1n) is 7.33. The summed E-state index contributed by atoms with van der Waals surface area (Å²) in [5.41, 5.74) is -1.36. The molecule has 1 atom stereocenters. The number of carboxylic acid groups (broad SMARTS) is 1. The third-order valence-electron chi connectivity index (χ3n) is 3.61. The Bertz CT molecular complexity index is 978. The fourth-order valence-corrected chi connectivity index (χ4v) is 3.19. The number of hydrogen-bond donors (Lipinski definition) is 2. The van der Waals surface area contributed by atoms with Gasteiger partial charge in [-0.1, -0.05) is 0 Å². The Kier molecular flexibility index (Phi) is 4.49. The van der Waals surface area contributed by atoms with Crippen LogP contribution >= 0.6 is 11.8 Å². The van der Waals surface area contributed by atoms with Crippen LogP contribution in [0.3, 0.4) is 0 Å². The summed E-state index contributed by atoms with van der Waals surface area (Å²) >= 11 is 1.53. The van der Waals surface area contributed by atoms with E-state index in [0.717, 1.165) is 33.2 Å². The summed E-state index contributed by atoms with van der Waals surface area (Å²) in [5, 5.41) is 14.4. The van der Waals surface area contributed by atoms with Crippen molar-refractivity contribution in [3.8, 4) is 5.69 Å². The molecule has 0 saturated carbocycles. The number of halogens is 1. The Morgan fingerprint density at radius 2 is 2.00 bits per heavy atom. The third kappa shape index (κ3) is 3.36. The predicted molar refractivity (Wildman–Crippen MR) is 91.5 cm³/mol. The second kappa shape index (κ2) is 6.60. The highest BCUT2D eigenvalue weighted by molar-refractivity contribution is 8.02. The first-order valence-corrected chi connectivity index (χ1v) is 8.28. The van der Waals surface area contributed by atoms with Crippen LogP contribution in [-0.2, 0) is 6.54 Å². The number of nitrogens with one attached hydrogen (secondary N) is 1. The summed E-state index contributed by atoms with van der Waals surface area (Å²) in [6.07, 6.45) is 1.03. The molecule has 0 bridgehead atoms. The van der Waals surface area contributed by atoms with Crippen molar-refractivity contribution in [2.75, 3.05) is 0 Å². The van der Waals surface area contributed by atoms with E-state index in [2.05, 4.69) is 5.32 Å². The van der Waals surface area contributed by atoms with Crippen molar-refractivity contribution in [2.24, 2.45) is 0 Å². The van der Waals surface area contributed by atoms with Gasteiger partial charge in [-0.15, -0.1) is 11.8 Å². The zero-order chi connectivity index (χ0) is 18.1. The highest BCUT2D eigenvalue weighted by Crippen LogP contribution is 2.20. The van der Waals surface area contributed by atoms with Gasteiger partial charge in [0.1, 0.15) is 11.4 Å². The van der Waals surface area contributed by atoms with Gasteiger partial charge in [0.25, 0.3) is 5.56 Å². The molecular weight excluding hydrogens is 349 g/mol. The van der Waals surface area contributed by atoms with E-state index in [0.29, 0.717) is 0 Å². The monoisotopic (exact) mass is 363 g/mol. The Balaban J connectivity index is 2.16. The van der Waals surface area contributed by atoms with Crippen LogP contribution in [0, 0.1) is 5.82 Å². The third-order valence-corrected chi connectivity index (χ3v) is 4.56. The molecule has 25 heavy (non-hydrogen) atoms. The number of thioether (sulfide) groups is 1. The molecule has 130 valence electrons. The summed E-state index contributed by atoms with van der Waals surface area (Å²) < 4.78 is 15.0. The number of aromatic carboxylic acids is 1. The minimum absolute atomic E-state index is 0.0952. The van der Waals surface area contributed by atoms with Crippen LogP contribution in [0.5, 0.6) is 0 Å². The van der Waals surface area contributed by atoms with Crippen molar-refractivity contribution in [1.82, 2.24) is 14.5 Å². The van der Waals surface area contributed by atoms with Gasteiger partial charge in [0, 0.05) is 11.9 Å². The number of nitrogens with zero attached hydrogens (tertiary/aromatic N) is 2. The maximum atomic E-state index is 13.1. The van der Waals surface area contributed by atoms with E-state index in [1.54, 1.807) is 0 Å². The molecule has 1 aliphatic heterocycles. The summed E-state index contributed by atoms with van der Waals surface area (Å²) in [7, 11) is 0. The lowest BCUT2D eigenvalue weighted by Gasteiger charge is -2.13. The van der Waals surface area contributed by atoms with Crippen LogP contribution in [0.25, 0.3) is 5.69 Å². The molecule has 0 fully saturated rings. The molecule has 9 heteroatoms. The van der Waals surface area contributed by atoms with E-state index >= 15 is 0 Å². The average molecular weight is 363 g/mol. The first-order chi connectivity index (χ1) is 11.9. The summed E-state index contributed by atoms with van der Waals surface area (Å²) in [4.78, 5) is 36.5. The van der Waals surface area contributed by atoms with Gasteiger partial charge in [-0.3, -0.25) is 9.36 Å². The first kappa shape index (κ1) is 17.0. The fourth-order valence-electron chi connectivity index (χ4n) is 2.46. The second-order valence-corrected chi connectivity index (χ2v) is 6.66. The van der Waals surface area contributed by atoms with Crippen LogP contribution in [-0.4, -0.2) is 25.6 Å². The van der Waals surface area contributed by atoms with E-state index in [-0.39, 0.29) is 17.6 Å². The fraction of sp³-hybridized carbons (Fsp3) is 0.188. The minimum atomic E-state index is -1.44. The van der Waals surface area contributed by atoms with Crippen molar-refractivity contribution in [2.45, 2.75) is 18.8 Å². The van der Waals surface area contributed by atoms with Gasteiger partial charge >= 0.3 is 11.7 Å². The molecule has 1 aromatic heterocycles. The molecule has 7 nitrogen and oxygen atoms in total. The van der Waals surface area contributed by atoms with Crippen LogP contribution < -0.4 is 16.6 Å². The zero-order valence-corrected chi connectivity index (χ0v) is 13.9. The van der Waals surface area contributed by atoms with E-state index in [4.69, 9.17) is 0 Å². The van der Waals surface area contributed by atoms with Crippen molar-refractivity contribution in [3.05, 3.63) is 73.8 Å². The smallest absolute Gasteiger partial charge is 0.342 e. The lowest BCUT2D eigenvalue weighted by atomic mass is 10.2. The van der Waals surface area contributed by atoms with Gasteiger partial charge in [-0.05, 0) is 36.6 Å². The molecule has 0 radical (unpaired) electrons. The second-order valence-electron chi connectivity index (χ2n) is 5.44. The number of benzene rings is 1. The molecule has 3 rings (SSSR count). The molecule has 1 aliphatic rings. The lowest BCUT2D eigenvalue weighted by molar-refractivity contribution is 0.0693. The van der Waals surface area contributed by atoms with Crippen LogP contribution in [0.2, 0.25) is 0 Å². The van der Waals surface area contributed by atoms with E-state index in [9.17, 15) is 23.9 Å². The molecule has 1 aromatic carbocycles. The maximum Gasteiger partial charge on any atom is 0.342 e. The molecule has 0 amide bonds. The molecular formula is C16H14FN3O4S. The van der Waals surface area contributed by atoms with Gasteiger partial charge in [0.2, 0.25) is 0 Å². The standard InChI is InChI=1S/C16H14FN3O4S/c1-9-18-11(8-25-9)6-19-7-13(15(22)23)14(21)20(16(19)24)12-4-2-10(17)3-5-12/h2-5,7-9,18H,6H2,1H3,(H,22,23). The van der Waals surface area contributed by atoms with Crippen molar-refractivity contribution >= 4 is 17.7 Å². The SMILES string of the molecule is CC1NC(Cn2cc(C(=O)O)c(=O)n(-c3ccc(F)cc3)c2=O)=CS1. The van der Waals surface area contributed by atoms with Gasteiger partial charge in [-0.25, -0.2) is 18.5 Å². The normalized spacial score (nSPS) is 16.4. The molecule has 0 aliphatic carbocycles. The van der Waals surface area contributed by atoms with Crippen molar-refractivity contribution < 1.29 is 14.3 Å². The Labute approximate surface area is 145 Å². The predicted octanol–water partition coefficient (Wildman–Crippen LogP) is 1.36. The van der Waals surface area contributed by atoms with Crippen LogP contribution in [0.15, 0.2) is 51.2 Å². The number of carboxylic acids is 1. The Hall–Kier alpha value is -2.81. The topological polar surface area (TPSA) is 93.3 Å². The maximum absolute atomic E-state index is 13.1. The molecule has 0 saturated heterocycles. The molecule has 2 N–H and O–H groups in total. The molecule has 2 heterocycles. The lowest BCUT2D eigenvalue weighted by Crippen LogP contribution is -2.42. The van der Waals surface area contributed by atoms with Crippen molar-refractivity contribution in [3.63, 3.8) is 0 Å². The van der Waals surface area contributed by atoms with Gasteiger partial charge in [0.05, 0.1) is 17.6 Å². The number of rotatable bonds is 4. The molecule has 0 spiro atoms. The highest BCUT2D eigenvalue weighted by Gasteiger charge is 2.19. The van der Waals surface area contributed by atoms with E-state index in [1.165, 1.54) is 23.9 Å². The van der Waals surface area contributed by atoms with Gasteiger partial charge < -0.3 is 10.4 Å². The number of allylic oxidation sites excluding steroid dienone is 1. The molecule has 1 unspecified atom stereocenters. The number of carbonyl (C=O) groups is 1. The van der Waals surface area contributed by atoms with Crippen LogP contribution in [0.4, 0.5) is 4.39 Å². The number of aromatic nitrogens is 2. The van der Waals surface area contributed by atoms with Gasteiger partial charge in [-0.2, -0.15) is 0 Å². The summed E-state index contributed by atoms with van der Waals surface area (Å²) in [6, 6.07) is 4.69. The summed E-state index contributed by atoms with van der Waals surface area (Å²) in [5.74, 6) is -1.97. The number of hydrogen-bond acceptors (Lipinski definition) is 5. The van der Waals surface area contributed by atoms with Crippen LogP contribution in [0.1, 0.15) is 17.3 Å². The van der Waals surface area contributed by atoms with E-state index < -0.39 is 28.6 Å². The Morgan fingerprint density at radius 1 is 1.32 bits per heavy atom. The quantitative estimate of drug-likeness (QED) is 0.852. The average Bonchev–Trinajstić information content (AvgIpc) is 2.96. The largest absolute Gasteiger partial charge is 0.477 e. The highest BCUT2D eigenvalue weighted by atomic mass is 32.2.